The summed E-state index contributed by atoms with van der Waals surface area (Å²) < 4.78 is 13.5. The van der Waals surface area contributed by atoms with Crippen molar-refractivity contribution in [2.24, 2.45) is 0 Å². The molecule has 17 heteroatoms. The number of rotatable bonds is 16. The molecule has 17 nitrogen and oxygen atoms in total. The lowest BCUT2D eigenvalue weighted by molar-refractivity contribution is -0.147. The van der Waals surface area contributed by atoms with Crippen LogP contribution < -0.4 is 10.6 Å². The van der Waals surface area contributed by atoms with E-state index >= 15 is 0 Å². The van der Waals surface area contributed by atoms with Crippen molar-refractivity contribution in [2.75, 3.05) is 19.0 Å². The van der Waals surface area contributed by atoms with Crippen molar-refractivity contribution in [1.82, 2.24) is 35.3 Å². The minimum Gasteiger partial charge on any atom is -0.478 e. The van der Waals surface area contributed by atoms with Gasteiger partial charge < -0.3 is 40.5 Å². The molecule has 0 fully saturated rings. The smallest absolute Gasteiger partial charge is 0.370 e. The SMILES string of the molecule is COCc1cn(CCCCCC(=O)Nc2ccccc2-c2cn([C@H]3C=C(C(=O)O)O[C@@H]([C@H](O)[C@H](O)CO)[C@@H]3NC(C)=O)nn2)nn1. The Morgan fingerprint density at radius 2 is 1.87 bits per heavy atom. The van der Waals surface area contributed by atoms with E-state index in [9.17, 15) is 34.8 Å². The van der Waals surface area contributed by atoms with Crippen LogP contribution in [-0.2, 0) is 37.0 Å². The van der Waals surface area contributed by atoms with E-state index in [1.165, 1.54) is 23.9 Å². The molecule has 3 heterocycles. The first-order valence-electron chi connectivity index (χ1n) is 14.7. The van der Waals surface area contributed by atoms with Gasteiger partial charge in [0, 0.05) is 32.6 Å². The Morgan fingerprint density at radius 1 is 1.09 bits per heavy atom. The summed E-state index contributed by atoms with van der Waals surface area (Å²) in [5.74, 6) is -2.72. The van der Waals surface area contributed by atoms with Crippen LogP contribution in [0.15, 0.2) is 48.5 Å². The first-order chi connectivity index (χ1) is 22.1. The fourth-order valence-corrected chi connectivity index (χ4v) is 5.06. The number of carboxylic acid groups (broad SMARTS) is 1. The highest BCUT2D eigenvalue weighted by molar-refractivity contribution is 5.95. The maximum atomic E-state index is 12.8. The Labute approximate surface area is 263 Å². The van der Waals surface area contributed by atoms with Gasteiger partial charge in [-0.2, -0.15) is 0 Å². The van der Waals surface area contributed by atoms with Crippen LogP contribution in [0.2, 0.25) is 0 Å². The summed E-state index contributed by atoms with van der Waals surface area (Å²) in [5.41, 5.74) is 2.11. The van der Waals surface area contributed by atoms with E-state index in [-0.39, 0.29) is 5.91 Å². The predicted molar refractivity (Wildman–Crippen MR) is 160 cm³/mol. The van der Waals surface area contributed by atoms with Crippen molar-refractivity contribution in [1.29, 1.82) is 0 Å². The highest BCUT2D eigenvalue weighted by atomic mass is 16.5. The van der Waals surface area contributed by atoms with Crippen LogP contribution in [0.1, 0.15) is 44.3 Å². The number of benzene rings is 1. The van der Waals surface area contributed by atoms with E-state index in [1.54, 1.807) is 36.1 Å². The molecule has 5 atom stereocenters. The Kier molecular flexibility index (Phi) is 11.9. The van der Waals surface area contributed by atoms with Crippen LogP contribution in [0, 0.1) is 0 Å². The predicted octanol–water partition coefficient (Wildman–Crippen LogP) is 0.00930. The number of unbranched alkanes of at least 4 members (excludes halogenated alkanes) is 2. The first-order valence-corrected chi connectivity index (χ1v) is 14.7. The fourth-order valence-electron chi connectivity index (χ4n) is 5.06. The maximum absolute atomic E-state index is 12.8. The van der Waals surface area contributed by atoms with E-state index in [4.69, 9.17) is 9.47 Å². The third-order valence-electron chi connectivity index (χ3n) is 7.27. The first kappa shape index (κ1) is 34.2. The third kappa shape index (κ3) is 8.72. The Hall–Kier alpha value is -4.71. The number of amides is 2. The summed E-state index contributed by atoms with van der Waals surface area (Å²) in [7, 11) is 1.59. The number of methoxy groups -OCH3 is 1. The van der Waals surface area contributed by atoms with Gasteiger partial charge in [0.25, 0.3) is 0 Å². The fraction of sp³-hybridized carbons (Fsp3) is 0.483. The van der Waals surface area contributed by atoms with Gasteiger partial charge in [0.05, 0.1) is 43.4 Å². The summed E-state index contributed by atoms with van der Waals surface area (Å²) in [6.45, 7) is 1.47. The molecular weight excluding hydrogens is 604 g/mol. The van der Waals surface area contributed by atoms with Gasteiger partial charge >= 0.3 is 5.97 Å². The van der Waals surface area contributed by atoms with Gasteiger partial charge in [-0.05, 0) is 25.0 Å². The number of ether oxygens (including phenoxy) is 2. The highest BCUT2D eigenvalue weighted by Gasteiger charge is 2.44. The third-order valence-corrected chi connectivity index (χ3v) is 7.27. The summed E-state index contributed by atoms with van der Waals surface area (Å²) >= 11 is 0. The molecule has 2 aromatic heterocycles. The standard InChI is InChI=1S/C29H38N8O9/c1-17(39)30-26-22(12-24(29(43)44)46-28(26)27(42)23(40)15-38)37-14-21(33-35-37)19-8-5-6-9-20(19)31-25(41)10-4-3-7-11-36-13-18(16-45-2)32-34-36/h5-6,8-9,12-14,22-23,26-28,38,40,42H,3-4,7,10-11,15-16H2,1-2H3,(H,30,39)(H,31,41)(H,43,44)/t22-,23+,26+,27+,28+/m0/s1. The number of anilines is 1. The number of nitrogens with zero attached hydrogens (tertiary/aromatic N) is 6. The largest absolute Gasteiger partial charge is 0.478 e. The number of aliphatic hydroxyl groups excluding tert-OH is 3. The maximum Gasteiger partial charge on any atom is 0.370 e. The topological polar surface area (TPSA) is 236 Å². The lowest BCUT2D eigenvalue weighted by Crippen LogP contribution is -2.58. The number of aliphatic hydroxyl groups is 3. The van der Waals surface area contributed by atoms with Gasteiger partial charge in [-0.1, -0.05) is 35.0 Å². The summed E-state index contributed by atoms with van der Waals surface area (Å²) in [6.07, 6.45) is 2.21. The second-order valence-corrected chi connectivity index (χ2v) is 10.8. The number of hydrogen-bond acceptors (Lipinski definition) is 12. The van der Waals surface area contributed by atoms with E-state index in [1.807, 2.05) is 6.20 Å². The van der Waals surface area contributed by atoms with Crippen molar-refractivity contribution < 1.29 is 44.3 Å². The molecule has 3 aromatic rings. The quantitative estimate of drug-likeness (QED) is 0.113. The van der Waals surface area contributed by atoms with Crippen LogP contribution in [0.4, 0.5) is 5.69 Å². The van der Waals surface area contributed by atoms with Crippen molar-refractivity contribution in [3.63, 3.8) is 0 Å². The van der Waals surface area contributed by atoms with Gasteiger partial charge in [0.1, 0.15) is 29.7 Å². The molecule has 248 valence electrons. The molecule has 6 N–H and O–H groups in total. The average Bonchev–Trinajstić information content (AvgIpc) is 3.70. The number of nitrogens with one attached hydrogen (secondary N) is 2. The van der Waals surface area contributed by atoms with Gasteiger partial charge in [-0.3, -0.25) is 14.3 Å². The second-order valence-electron chi connectivity index (χ2n) is 10.8. The second kappa shape index (κ2) is 16.0. The van der Waals surface area contributed by atoms with Gasteiger partial charge in [-0.15, -0.1) is 10.2 Å². The molecule has 2 amide bonds. The van der Waals surface area contributed by atoms with Crippen LogP contribution in [-0.4, -0.2) is 106 Å². The minimum absolute atomic E-state index is 0.188. The Morgan fingerprint density at radius 3 is 2.59 bits per heavy atom. The molecule has 0 bridgehead atoms. The molecule has 46 heavy (non-hydrogen) atoms. The number of para-hydroxylation sites is 1. The number of carboxylic acids is 1. The number of aryl methyl sites for hydroxylation is 1. The molecule has 0 spiro atoms. The van der Waals surface area contributed by atoms with Crippen molar-refractivity contribution in [3.05, 3.63) is 54.2 Å². The van der Waals surface area contributed by atoms with Gasteiger partial charge in [0.2, 0.25) is 17.6 Å². The van der Waals surface area contributed by atoms with Crippen LogP contribution in [0.3, 0.4) is 0 Å². The molecule has 4 rings (SSSR count). The molecule has 0 saturated carbocycles. The lowest BCUT2D eigenvalue weighted by atomic mass is 9.92. The van der Waals surface area contributed by atoms with E-state index < -0.39 is 54.6 Å². The molecule has 0 saturated heterocycles. The number of aromatic nitrogens is 6. The Bertz CT molecular complexity index is 1520. The zero-order valence-corrected chi connectivity index (χ0v) is 25.4. The molecule has 1 aliphatic heterocycles. The minimum atomic E-state index is -1.76. The van der Waals surface area contributed by atoms with Crippen molar-refractivity contribution in [3.8, 4) is 11.3 Å². The molecule has 0 unspecified atom stereocenters. The van der Waals surface area contributed by atoms with Crippen LogP contribution in [0.25, 0.3) is 11.3 Å². The van der Waals surface area contributed by atoms with Gasteiger partial charge in [-0.25, -0.2) is 9.48 Å². The number of hydrogen-bond donors (Lipinski definition) is 6. The zero-order valence-electron chi connectivity index (χ0n) is 25.4. The number of aliphatic carboxylic acids is 1. The normalized spacial score (nSPS) is 19.1. The average molecular weight is 643 g/mol. The summed E-state index contributed by atoms with van der Waals surface area (Å²) in [4.78, 5) is 36.8. The molecular formula is C29H38N8O9. The van der Waals surface area contributed by atoms with Crippen LogP contribution >= 0.6 is 0 Å². The summed E-state index contributed by atoms with van der Waals surface area (Å²) in [6, 6.07) is 4.82. The monoisotopic (exact) mass is 642 g/mol. The molecule has 0 aliphatic carbocycles. The Balaban J connectivity index is 1.45. The van der Waals surface area contributed by atoms with Crippen molar-refractivity contribution in [2.45, 2.75) is 76.2 Å². The van der Waals surface area contributed by atoms with E-state index in [2.05, 4.69) is 31.3 Å². The van der Waals surface area contributed by atoms with E-state index in [0.29, 0.717) is 42.9 Å². The number of carbonyl (C=O) groups excluding carboxylic acids is 2. The molecule has 1 aromatic carbocycles. The van der Waals surface area contributed by atoms with Crippen LogP contribution in [0.5, 0.6) is 0 Å². The van der Waals surface area contributed by atoms with E-state index in [0.717, 1.165) is 18.5 Å². The number of carbonyl (C=O) groups is 3. The molecule has 0 radical (unpaired) electrons. The molecule has 1 aliphatic rings. The zero-order chi connectivity index (χ0) is 33.2. The summed E-state index contributed by atoms with van der Waals surface area (Å²) in [5, 5.41) is 61.7. The highest BCUT2D eigenvalue weighted by Crippen LogP contribution is 2.32. The van der Waals surface area contributed by atoms with Crippen molar-refractivity contribution >= 4 is 23.5 Å². The van der Waals surface area contributed by atoms with Gasteiger partial charge in [0.15, 0.2) is 0 Å². The lowest BCUT2D eigenvalue weighted by Gasteiger charge is -2.39.